The number of carboxylic acids is 1. The highest BCUT2D eigenvalue weighted by molar-refractivity contribution is 5.73. The van der Waals surface area contributed by atoms with Crippen molar-refractivity contribution in [3.63, 3.8) is 0 Å². The van der Waals surface area contributed by atoms with E-state index in [0.717, 1.165) is 5.56 Å². The molecule has 0 bridgehead atoms. The minimum absolute atomic E-state index is 0.160. The van der Waals surface area contributed by atoms with Gasteiger partial charge in [-0.2, -0.15) is 0 Å². The smallest absolute Gasteiger partial charge is 0.320 e. The number of rotatable bonds is 6. The quantitative estimate of drug-likeness (QED) is 0.739. The second-order valence-electron chi connectivity index (χ2n) is 4.43. The molecule has 0 amide bonds. The molecule has 1 aromatic rings. The van der Waals surface area contributed by atoms with Crippen LogP contribution in [-0.4, -0.2) is 46.8 Å². The highest BCUT2D eigenvalue weighted by atomic mass is 16.4. The van der Waals surface area contributed by atoms with Crippen molar-refractivity contribution in [2.24, 2.45) is 5.73 Å². The topological polar surface area (TPSA) is 86.8 Å². The number of aromatic hydroxyl groups is 1. The van der Waals surface area contributed by atoms with Crippen molar-refractivity contribution < 1.29 is 15.0 Å². The Morgan fingerprint density at radius 1 is 1.15 bits per heavy atom. The molecule has 0 aromatic heterocycles. The Balaban J connectivity index is 0.000000441. The van der Waals surface area contributed by atoms with Crippen molar-refractivity contribution in [2.45, 2.75) is 33.2 Å². The summed E-state index contributed by atoms with van der Waals surface area (Å²) in [5.74, 6) is -0.860. The number of carboxylic acid groups (broad SMARTS) is 1. The molecule has 5 heteroatoms. The number of hydrogen-bond donors (Lipinski definition) is 3. The maximum atomic E-state index is 10.4. The first-order chi connectivity index (χ1) is 9.44. The first kappa shape index (κ1) is 18.4. The fourth-order valence-electron chi connectivity index (χ4n) is 1.64. The SMILES string of the molecule is CCN(CC)CC.NC(Cc1ccc(O)cc1)C(=O)O. The van der Waals surface area contributed by atoms with Gasteiger partial charge in [0.05, 0.1) is 0 Å². The Hall–Kier alpha value is -1.59. The Labute approximate surface area is 121 Å². The summed E-state index contributed by atoms with van der Waals surface area (Å²) < 4.78 is 0. The molecule has 0 aliphatic carbocycles. The molecule has 114 valence electrons. The van der Waals surface area contributed by atoms with Crippen LogP contribution in [0.3, 0.4) is 0 Å². The van der Waals surface area contributed by atoms with Gasteiger partial charge in [-0.3, -0.25) is 4.79 Å². The van der Waals surface area contributed by atoms with Crippen LogP contribution in [0.15, 0.2) is 24.3 Å². The van der Waals surface area contributed by atoms with Crippen LogP contribution in [0.25, 0.3) is 0 Å². The van der Waals surface area contributed by atoms with Gasteiger partial charge in [0.15, 0.2) is 0 Å². The number of nitrogens with two attached hydrogens (primary N) is 1. The zero-order valence-electron chi connectivity index (χ0n) is 12.5. The summed E-state index contributed by atoms with van der Waals surface area (Å²) in [6, 6.07) is 5.42. The summed E-state index contributed by atoms with van der Waals surface area (Å²) >= 11 is 0. The molecular formula is C15H26N2O3. The number of aliphatic carboxylic acids is 1. The Morgan fingerprint density at radius 2 is 1.60 bits per heavy atom. The highest BCUT2D eigenvalue weighted by Crippen LogP contribution is 2.10. The van der Waals surface area contributed by atoms with Gasteiger partial charge in [0.1, 0.15) is 11.8 Å². The van der Waals surface area contributed by atoms with Gasteiger partial charge in [-0.1, -0.05) is 32.9 Å². The molecular weight excluding hydrogens is 256 g/mol. The highest BCUT2D eigenvalue weighted by Gasteiger charge is 2.11. The van der Waals surface area contributed by atoms with E-state index < -0.39 is 12.0 Å². The third kappa shape index (κ3) is 7.76. The van der Waals surface area contributed by atoms with Gasteiger partial charge in [-0.25, -0.2) is 0 Å². The normalized spacial score (nSPS) is 11.7. The third-order valence-electron chi connectivity index (χ3n) is 3.05. The van der Waals surface area contributed by atoms with Gasteiger partial charge in [0.2, 0.25) is 0 Å². The minimum Gasteiger partial charge on any atom is -0.508 e. The van der Waals surface area contributed by atoms with Crippen LogP contribution >= 0.6 is 0 Å². The lowest BCUT2D eigenvalue weighted by atomic mass is 10.1. The number of phenols is 1. The molecule has 0 fully saturated rings. The monoisotopic (exact) mass is 282 g/mol. The molecule has 1 unspecified atom stereocenters. The molecule has 0 aliphatic heterocycles. The molecule has 0 saturated carbocycles. The summed E-state index contributed by atoms with van der Waals surface area (Å²) in [4.78, 5) is 12.8. The largest absolute Gasteiger partial charge is 0.508 e. The molecule has 0 radical (unpaired) electrons. The standard InChI is InChI=1S/C9H11NO3.C6H15N/c10-8(9(12)13)5-6-1-3-7(11)4-2-6;1-4-7(5-2)6-3/h1-4,8,11H,5,10H2,(H,12,13);4-6H2,1-3H3. The first-order valence-electron chi connectivity index (χ1n) is 6.93. The van der Waals surface area contributed by atoms with E-state index in [-0.39, 0.29) is 12.2 Å². The molecule has 0 saturated heterocycles. The third-order valence-corrected chi connectivity index (χ3v) is 3.05. The van der Waals surface area contributed by atoms with Crippen LogP contribution in [0.1, 0.15) is 26.3 Å². The van der Waals surface area contributed by atoms with E-state index in [2.05, 4.69) is 25.7 Å². The van der Waals surface area contributed by atoms with Gasteiger partial charge in [0.25, 0.3) is 0 Å². The van der Waals surface area contributed by atoms with Crippen LogP contribution in [0.5, 0.6) is 5.75 Å². The van der Waals surface area contributed by atoms with Gasteiger partial charge >= 0.3 is 5.97 Å². The van der Waals surface area contributed by atoms with Crippen LogP contribution in [0.2, 0.25) is 0 Å². The molecule has 5 nitrogen and oxygen atoms in total. The molecule has 4 N–H and O–H groups in total. The first-order valence-corrected chi connectivity index (χ1v) is 6.93. The second-order valence-corrected chi connectivity index (χ2v) is 4.43. The summed E-state index contributed by atoms with van der Waals surface area (Å²) in [5.41, 5.74) is 6.12. The van der Waals surface area contributed by atoms with Crippen LogP contribution < -0.4 is 5.73 Å². The minimum atomic E-state index is -1.02. The average Bonchev–Trinajstić information content (AvgIpc) is 2.44. The molecule has 20 heavy (non-hydrogen) atoms. The van der Waals surface area contributed by atoms with E-state index in [1.807, 2.05) is 0 Å². The van der Waals surface area contributed by atoms with E-state index in [9.17, 15) is 4.79 Å². The Kier molecular flexibility index (Phi) is 9.41. The zero-order chi connectivity index (χ0) is 15.5. The lowest BCUT2D eigenvalue weighted by Crippen LogP contribution is -2.32. The van der Waals surface area contributed by atoms with Gasteiger partial charge in [-0.05, 0) is 43.8 Å². The van der Waals surface area contributed by atoms with Crippen molar-refractivity contribution >= 4 is 5.97 Å². The molecule has 0 aliphatic rings. The van der Waals surface area contributed by atoms with E-state index >= 15 is 0 Å². The maximum absolute atomic E-state index is 10.4. The fourth-order valence-corrected chi connectivity index (χ4v) is 1.64. The molecule has 1 aromatic carbocycles. The van der Waals surface area contributed by atoms with Crippen LogP contribution in [0.4, 0.5) is 0 Å². The maximum Gasteiger partial charge on any atom is 0.320 e. The predicted octanol–water partition coefficient (Wildman–Crippen LogP) is 1.69. The van der Waals surface area contributed by atoms with Crippen molar-refractivity contribution in [1.82, 2.24) is 4.90 Å². The molecule has 1 rings (SSSR count). The second kappa shape index (κ2) is 10.2. The number of phenolic OH excluding ortho intramolecular Hbond substituents is 1. The fraction of sp³-hybridized carbons (Fsp3) is 0.533. The van der Waals surface area contributed by atoms with E-state index in [1.54, 1.807) is 12.1 Å². The van der Waals surface area contributed by atoms with Crippen molar-refractivity contribution in [3.05, 3.63) is 29.8 Å². The number of benzene rings is 1. The van der Waals surface area contributed by atoms with Crippen molar-refractivity contribution in [1.29, 1.82) is 0 Å². The van der Waals surface area contributed by atoms with E-state index in [1.165, 1.54) is 31.8 Å². The van der Waals surface area contributed by atoms with Gasteiger partial charge in [0, 0.05) is 0 Å². The van der Waals surface area contributed by atoms with Crippen LogP contribution in [0, 0.1) is 0 Å². The summed E-state index contributed by atoms with van der Waals surface area (Å²) in [5, 5.41) is 17.5. The number of nitrogens with zero attached hydrogens (tertiary/aromatic N) is 1. The lowest BCUT2D eigenvalue weighted by Gasteiger charge is -2.13. The lowest BCUT2D eigenvalue weighted by molar-refractivity contribution is -0.138. The number of hydrogen-bond acceptors (Lipinski definition) is 4. The van der Waals surface area contributed by atoms with E-state index in [0.29, 0.717) is 0 Å². The van der Waals surface area contributed by atoms with Gasteiger partial charge < -0.3 is 20.8 Å². The van der Waals surface area contributed by atoms with E-state index in [4.69, 9.17) is 15.9 Å². The summed E-state index contributed by atoms with van der Waals surface area (Å²) in [6.45, 7) is 10.1. The predicted molar refractivity (Wildman–Crippen MR) is 80.9 cm³/mol. The summed E-state index contributed by atoms with van der Waals surface area (Å²) in [7, 11) is 0. The Bertz CT molecular complexity index is 370. The number of carbonyl (C=O) groups is 1. The van der Waals surface area contributed by atoms with Crippen molar-refractivity contribution in [3.8, 4) is 5.75 Å². The molecule has 1 atom stereocenters. The van der Waals surface area contributed by atoms with Crippen LogP contribution in [-0.2, 0) is 11.2 Å². The Morgan fingerprint density at radius 3 is 1.90 bits per heavy atom. The summed E-state index contributed by atoms with van der Waals surface area (Å²) in [6.07, 6.45) is 0.273. The molecule has 0 heterocycles. The molecule has 0 spiro atoms. The van der Waals surface area contributed by atoms with Gasteiger partial charge in [-0.15, -0.1) is 0 Å². The average molecular weight is 282 g/mol. The zero-order valence-corrected chi connectivity index (χ0v) is 12.5. The van der Waals surface area contributed by atoms with Crippen molar-refractivity contribution in [2.75, 3.05) is 19.6 Å².